The van der Waals surface area contributed by atoms with Gasteiger partial charge in [-0.2, -0.15) is 5.10 Å². The molecule has 0 radical (unpaired) electrons. The summed E-state index contributed by atoms with van der Waals surface area (Å²) in [6, 6.07) is 14.5. The number of rotatable bonds is 6. The van der Waals surface area contributed by atoms with E-state index in [0.717, 1.165) is 15.9 Å². The summed E-state index contributed by atoms with van der Waals surface area (Å²) in [6.07, 6.45) is 1.55. The monoisotopic (exact) mass is 456 g/mol. The van der Waals surface area contributed by atoms with Crippen LogP contribution in [0, 0.1) is 6.92 Å². The van der Waals surface area contributed by atoms with Crippen molar-refractivity contribution < 1.29 is 14.3 Å². The number of anilines is 1. The van der Waals surface area contributed by atoms with Crippen LogP contribution < -0.4 is 10.1 Å². The second-order valence-electron chi connectivity index (χ2n) is 6.59. The van der Waals surface area contributed by atoms with Gasteiger partial charge in [0.15, 0.2) is 6.61 Å². The van der Waals surface area contributed by atoms with Crippen LogP contribution in [0.5, 0.6) is 5.75 Å². The van der Waals surface area contributed by atoms with Gasteiger partial charge in [0.05, 0.1) is 23.1 Å². The molecule has 1 N–H and O–H groups in total. The van der Waals surface area contributed by atoms with Gasteiger partial charge in [0.1, 0.15) is 5.75 Å². The van der Waals surface area contributed by atoms with Crippen LogP contribution in [0.3, 0.4) is 0 Å². The number of benzene rings is 2. The number of hydrogen-bond acceptors (Lipinski definition) is 4. The maximum atomic E-state index is 12.7. The lowest BCUT2D eigenvalue weighted by atomic mass is 10.2. The highest BCUT2D eigenvalue weighted by atomic mass is 79.9. The fourth-order valence-electron chi connectivity index (χ4n) is 2.58. The Labute approximate surface area is 177 Å². The van der Waals surface area contributed by atoms with Crippen molar-refractivity contribution in [3.63, 3.8) is 0 Å². The maximum Gasteiger partial charge on any atom is 0.259 e. The number of halogens is 1. The van der Waals surface area contributed by atoms with Gasteiger partial charge in [-0.3, -0.25) is 9.59 Å². The quantitative estimate of drug-likeness (QED) is 0.613. The molecule has 150 valence electrons. The van der Waals surface area contributed by atoms with E-state index in [9.17, 15) is 9.59 Å². The lowest BCUT2D eigenvalue weighted by Gasteiger charge is -2.12. The molecule has 29 heavy (non-hydrogen) atoms. The Hall–Kier alpha value is -3.13. The average Bonchev–Trinajstić information content (AvgIpc) is 3.09. The second kappa shape index (κ2) is 8.91. The van der Waals surface area contributed by atoms with Gasteiger partial charge in [-0.15, -0.1) is 0 Å². The number of carbonyl (C=O) groups is 2. The Morgan fingerprint density at radius 1 is 1.10 bits per heavy atom. The topological polar surface area (TPSA) is 76.5 Å². The van der Waals surface area contributed by atoms with Crippen molar-refractivity contribution in [3.05, 3.63) is 70.5 Å². The highest BCUT2D eigenvalue weighted by molar-refractivity contribution is 9.10. The molecule has 0 saturated heterocycles. The van der Waals surface area contributed by atoms with E-state index in [2.05, 4.69) is 26.3 Å². The van der Waals surface area contributed by atoms with Crippen molar-refractivity contribution in [1.82, 2.24) is 14.7 Å². The highest BCUT2D eigenvalue weighted by Crippen LogP contribution is 2.20. The molecule has 0 aliphatic carbocycles. The molecule has 1 heterocycles. The highest BCUT2D eigenvalue weighted by Gasteiger charge is 2.15. The van der Waals surface area contributed by atoms with Crippen LogP contribution in [0.1, 0.15) is 16.1 Å². The Bertz CT molecular complexity index is 1010. The zero-order chi connectivity index (χ0) is 21.0. The molecule has 0 spiro atoms. The summed E-state index contributed by atoms with van der Waals surface area (Å²) in [7, 11) is 3.34. The molecule has 0 fully saturated rings. The molecule has 0 aliphatic heterocycles. The van der Waals surface area contributed by atoms with Crippen molar-refractivity contribution in [3.8, 4) is 11.4 Å². The van der Waals surface area contributed by atoms with E-state index in [-0.39, 0.29) is 18.4 Å². The minimum absolute atomic E-state index is 0.0346. The minimum Gasteiger partial charge on any atom is -0.484 e. The molecule has 7 nitrogen and oxygen atoms in total. The van der Waals surface area contributed by atoms with Gasteiger partial charge in [0.25, 0.3) is 11.8 Å². The maximum absolute atomic E-state index is 12.7. The molecule has 1 aromatic heterocycles. The van der Waals surface area contributed by atoms with E-state index in [4.69, 9.17) is 4.74 Å². The molecular weight excluding hydrogens is 436 g/mol. The van der Waals surface area contributed by atoms with Gasteiger partial charge >= 0.3 is 0 Å². The number of aromatic nitrogens is 2. The van der Waals surface area contributed by atoms with Gasteiger partial charge in [-0.1, -0.05) is 15.9 Å². The fraction of sp³-hybridized carbons (Fsp3) is 0.190. The summed E-state index contributed by atoms with van der Waals surface area (Å²) in [5.41, 5.74) is 2.73. The Morgan fingerprint density at radius 2 is 1.76 bits per heavy atom. The molecule has 0 aliphatic rings. The van der Waals surface area contributed by atoms with Gasteiger partial charge in [-0.05, 0) is 55.5 Å². The summed E-state index contributed by atoms with van der Waals surface area (Å²) in [5.74, 6) is 0.181. The summed E-state index contributed by atoms with van der Waals surface area (Å²) in [5, 5.41) is 7.18. The molecule has 0 saturated carbocycles. The van der Waals surface area contributed by atoms with Crippen LogP contribution in [-0.4, -0.2) is 47.2 Å². The van der Waals surface area contributed by atoms with Crippen LogP contribution in [-0.2, 0) is 4.79 Å². The Kier molecular flexibility index (Phi) is 6.33. The van der Waals surface area contributed by atoms with Crippen LogP contribution in [0.4, 0.5) is 5.69 Å². The third kappa shape index (κ3) is 5.03. The lowest BCUT2D eigenvalue weighted by molar-refractivity contribution is -0.130. The molecule has 8 heteroatoms. The first-order chi connectivity index (χ1) is 13.8. The van der Waals surface area contributed by atoms with Crippen LogP contribution >= 0.6 is 15.9 Å². The number of hydrogen-bond donors (Lipinski definition) is 1. The van der Waals surface area contributed by atoms with E-state index in [1.54, 1.807) is 49.2 Å². The normalized spacial score (nSPS) is 10.5. The SMILES string of the molecule is Cc1c(C(=O)Nc2ccc(OCC(=O)N(C)C)cc2)cnn1-c1ccc(Br)cc1. The number of carbonyl (C=O) groups excluding carboxylic acids is 2. The predicted octanol–water partition coefficient (Wildman–Crippen LogP) is 3.66. The smallest absolute Gasteiger partial charge is 0.259 e. The number of nitrogens with one attached hydrogen (secondary N) is 1. The first-order valence-corrected chi connectivity index (χ1v) is 9.69. The molecule has 3 rings (SSSR count). The zero-order valence-electron chi connectivity index (χ0n) is 16.3. The third-order valence-electron chi connectivity index (χ3n) is 4.30. The molecule has 0 atom stereocenters. The van der Waals surface area contributed by atoms with Crippen molar-refractivity contribution in [2.45, 2.75) is 6.92 Å². The van der Waals surface area contributed by atoms with Crippen molar-refractivity contribution in [1.29, 1.82) is 0 Å². The molecule has 2 aromatic carbocycles. The summed E-state index contributed by atoms with van der Waals surface area (Å²) in [4.78, 5) is 25.7. The summed E-state index contributed by atoms with van der Waals surface area (Å²) < 4.78 is 8.13. The third-order valence-corrected chi connectivity index (χ3v) is 4.83. The van der Waals surface area contributed by atoms with Crippen LogP contribution in [0.25, 0.3) is 5.69 Å². The number of amides is 2. The summed E-state index contributed by atoms with van der Waals surface area (Å²) in [6.45, 7) is 1.82. The van der Waals surface area contributed by atoms with Crippen LogP contribution in [0.15, 0.2) is 59.2 Å². The van der Waals surface area contributed by atoms with Gasteiger partial charge < -0.3 is 15.0 Å². The van der Waals surface area contributed by atoms with E-state index in [1.807, 2.05) is 31.2 Å². The molecular formula is C21H21BrN4O3. The van der Waals surface area contributed by atoms with Gasteiger partial charge in [0.2, 0.25) is 0 Å². The van der Waals surface area contributed by atoms with Crippen molar-refractivity contribution in [2.24, 2.45) is 0 Å². The second-order valence-corrected chi connectivity index (χ2v) is 7.50. The molecule has 0 unspecified atom stereocenters. The number of likely N-dealkylation sites (N-methyl/N-ethyl adjacent to an activating group) is 1. The largest absolute Gasteiger partial charge is 0.484 e. The minimum atomic E-state index is -0.248. The van der Waals surface area contributed by atoms with Gasteiger partial charge in [0, 0.05) is 24.3 Å². The summed E-state index contributed by atoms with van der Waals surface area (Å²) >= 11 is 3.41. The molecule has 3 aromatic rings. The lowest BCUT2D eigenvalue weighted by Crippen LogP contribution is -2.27. The van der Waals surface area contributed by atoms with Crippen molar-refractivity contribution >= 4 is 33.4 Å². The first-order valence-electron chi connectivity index (χ1n) is 8.90. The van der Waals surface area contributed by atoms with Crippen molar-refractivity contribution in [2.75, 3.05) is 26.0 Å². The van der Waals surface area contributed by atoms with Gasteiger partial charge in [-0.25, -0.2) is 4.68 Å². The fourth-order valence-corrected chi connectivity index (χ4v) is 2.85. The Morgan fingerprint density at radius 3 is 2.38 bits per heavy atom. The van der Waals surface area contributed by atoms with Crippen LogP contribution in [0.2, 0.25) is 0 Å². The van der Waals surface area contributed by atoms with E-state index in [0.29, 0.717) is 17.0 Å². The average molecular weight is 457 g/mol. The standard InChI is InChI=1S/C21H21BrN4O3/c1-14-19(12-23-26(14)17-8-4-15(22)5-9-17)21(28)24-16-6-10-18(11-7-16)29-13-20(27)25(2)3/h4-12H,13H2,1-3H3,(H,24,28). The Balaban J connectivity index is 1.66. The number of ether oxygens (including phenoxy) is 1. The first kappa shape index (κ1) is 20.6. The number of nitrogens with zero attached hydrogens (tertiary/aromatic N) is 3. The molecule has 2 amide bonds. The predicted molar refractivity (Wildman–Crippen MR) is 115 cm³/mol. The van der Waals surface area contributed by atoms with E-state index >= 15 is 0 Å². The van der Waals surface area contributed by atoms with E-state index in [1.165, 1.54) is 4.90 Å². The molecule has 0 bridgehead atoms. The van der Waals surface area contributed by atoms with E-state index < -0.39 is 0 Å². The zero-order valence-corrected chi connectivity index (χ0v) is 17.9.